The van der Waals surface area contributed by atoms with Crippen LogP contribution in [0.5, 0.6) is 11.6 Å². The minimum atomic E-state index is -4.61. The topological polar surface area (TPSA) is 82.3 Å². The average molecular weight is 507 g/mol. The van der Waals surface area contributed by atoms with Crippen LogP contribution in [0.25, 0.3) is 10.9 Å². The molecule has 0 amide bonds. The quantitative estimate of drug-likeness (QED) is 0.391. The van der Waals surface area contributed by atoms with Crippen LogP contribution in [0.2, 0.25) is 5.02 Å². The molecule has 3 aromatic heterocycles. The monoisotopic (exact) mass is 506 g/mol. The number of aryl methyl sites for hydroxylation is 1. The number of nitrogens with zero attached hydrogens (tertiary/aromatic N) is 4. The van der Waals surface area contributed by atoms with Crippen molar-refractivity contribution in [2.45, 2.75) is 31.7 Å². The Kier molecular flexibility index (Phi) is 6.37. The molecule has 0 fully saturated rings. The molecule has 1 N–H and O–H groups in total. The lowest BCUT2D eigenvalue weighted by Crippen LogP contribution is -2.31. The van der Waals surface area contributed by atoms with Gasteiger partial charge in [-0.15, -0.1) is 0 Å². The first-order valence-electron chi connectivity index (χ1n) is 10.5. The van der Waals surface area contributed by atoms with Gasteiger partial charge >= 0.3 is 6.18 Å². The first kappa shape index (κ1) is 24.7. The summed E-state index contributed by atoms with van der Waals surface area (Å²) in [4.78, 5) is 12.1. The fourth-order valence-electron chi connectivity index (χ4n) is 3.83. The number of methoxy groups -OCH3 is 1. The van der Waals surface area contributed by atoms with Crippen molar-refractivity contribution in [2.75, 3.05) is 7.11 Å². The van der Waals surface area contributed by atoms with Gasteiger partial charge in [0.15, 0.2) is 5.60 Å². The van der Waals surface area contributed by atoms with E-state index >= 15 is 0 Å². The number of imidazole rings is 1. The number of hydrogen-bond acceptors (Lipinski definition) is 6. The first-order valence-corrected chi connectivity index (χ1v) is 10.9. The van der Waals surface area contributed by atoms with E-state index in [1.165, 1.54) is 25.7 Å². The maximum Gasteiger partial charge on any atom is 0.433 e. The molecule has 1 aromatic carbocycles. The number of halogens is 4. The second-order valence-electron chi connectivity index (χ2n) is 8.19. The molecule has 1 atom stereocenters. The Morgan fingerprint density at radius 1 is 1.09 bits per heavy atom. The highest BCUT2D eigenvalue weighted by molar-refractivity contribution is 6.37. The van der Waals surface area contributed by atoms with Crippen molar-refractivity contribution in [3.8, 4) is 11.6 Å². The molecule has 3 heterocycles. The van der Waals surface area contributed by atoms with Crippen LogP contribution in [0, 0.1) is 0 Å². The summed E-state index contributed by atoms with van der Waals surface area (Å²) in [5, 5.41) is 12.7. The van der Waals surface area contributed by atoms with E-state index in [4.69, 9.17) is 21.1 Å². The third-order valence-electron chi connectivity index (χ3n) is 5.47. The summed E-state index contributed by atoms with van der Waals surface area (Å²) in [5.41, 5.74) is -1.75. The smallest absolute Gasteiger partial charge is 0.433 e. The zero-order valence-electron chi connectivity index (χ0n) is 19.3. The number of benzene rings is 1. The van der Waals surface area contributed by atoms with Gasteiger partial charge in [-0.25, -0.2) is 9.97 Å². The van der Waals surface area contributed by atoms with E-state index in [9.17, 15) is 18.3 Å². The molecule has 0 unspecified atom stereocenters. The van der Waals surface area contributed by atoms with Crippen LogP contribution < -0.4 is 9.47 Å². The summed E-state index contributed by atoms with van der Waals surface area (Å²) < 4.78 is 52.0. The van der Waals surface area contributed by atoms with Crippen LogP contribution in [0.3, 0.4) is 0 Å². The fourth-order valence-corrected chi connectivity index (χ4v) is 4.11. The number of aromatic nitrogens is 4. The highest BCUT2D eigenvalue weighted by Gasteiger charge is 2.39. The Bertz CT molecular complexity index is 1370. The minimum Gasteiger partial charge on any atom is -0.484 e. The Morgan fingerprint density at radius 2 is 1.80 bits per heavy atom. The summed E-state index contributed by atoms with van der Waals surface area (Å²) in [6.07, 6.45) is -0.915. The van der Waals surface area contributed by atoms with E-state index in [0.717, 1.165) is 12.3 Å². The normalized spacial score (nSPS) is 13.8. The molecule has 0 bridgehead atoms. The van der Waals surface area contributed by atoms with Crippen LogP contribution in [0.15, 0.2) is 49.1 Å². The van der Waals surface area contributed by atoms with Gasteiger partial charge in [-0.2, -0.15) is 13.2 Å². The van der Waals surface area contributed by atoms with E-state index in [2.05, 4.69) is 15.0 Å². The maximum absolute atomic E-state index is 13.1. The molecule has 0 aliphatic rings. The summed E-state index contributed by atoms with van der Waals surface area (Å²) in [6, 6.07) is 6.87. The highest BCUT2D eigenvalue weighted by Crippen LogP contribution is 2.43. The van der Waals surface area contributed by atoms with E-state index < -0.39 is 17.5 Å². The molecule has 35 heavy (non-hydrogen) atoms. The van der Waals surface area contributed by atoms with E-state index in [0.29, 0.717) is 22.2 Å². The van der Waals surface area contributed by atoms with Gasteiger partial charge in [-0.05, 0) is 37.6 Å². The standard InChI is InChI=1S/C24H22ClF3N4O3/c1-13(2)35-21-20(25)16-9-14(5-7-17(16)31-22(21)34-4)23(33,19-11-29-12-32(19)3)15-6-8-18(30-10-15)24(26,27)28/h5-13,33H,1-4H3/t23-/m1/s1. The maximum atomic E-state index is 13.1. The molecule has 4 aromatic rings. The number of rotatable bonds is 6. The molecule has 0 saturated carbocycles. The van der Waals surface area contributed by atoms with Gasteiger partial charge in [0.05, 0.1) is 42.0 Å². The summed E-state index contributed by atoms with van der Waals surface area (Å²) in [6.45, 7) is 3.66. The van der Waals surface area contributed by atoms with Crippen molar-refractivity contribution in [1.82, 2.24) is 19.5 Å². The van der Waals surface area contributed by atoms with Crippen LogP contribution in [-0.2, 0) is 18.8 Å². The minimum absolute atomic E-state index is 0.115. The SMILES string of the molecule is COc1nc2ccc([C@@](O)(c3ccc(C(F)(F)F)nc3)c3cncn3C)cc2c(Cl)c1OC(C)C. The van der Waals surface area contributed by atoms with Crippen molar-refractivity contribution in [3.63, 3.8) is 0 Å². The molecule has 0 radical (unpaired) electrons. The number of alkyl halides is 3. The van der Waals surface area contributed by atoms with Gasteiger partial charge in [0, 0.05) is 24.2 Å². The molecule has 0 spiro atoms. The second-order valence-corrected chi connectivity index (χ2v) is 8.57. The lowest BCUT2D eigenvalue weighted by molar-refractivity contribution is -0.141. The van der Waals surface area contributed by atoms with Gasteiger partial charge in [0.25, 0.3) is 5.88 Å². The molecular weight excluding hydrogens is 485 g/mol. The van der Waals surface area contributed by atoms with E-state index in [-0.39, 0.29) is 28.3 Å². The molecular formula is C24H22ClF3N4O3. The molecule has 4 rings (SSSR count). The molecule has 0 saturated heterocycles. The molecule has 184 valence electrons. The molecule has 0 aliphatic heterocycles. The Hall–Kier alpha value is -3.37. The summed E-state index contributed by atoms with van der Waals surface area (Å²) in [5.74, 6) is 0.451. The van der Waals surface area contributed by atoms with Crippen LogP contribution in [-0.4, -0.2) is 37.8 Å². The second kappa shape index (κ2) is 9.01. The van der Waals surface area contributed by atoms with Gasteiger partial charge in [0.2, 0.25) is 5.75 Å². The number of pyridine rings is 2. The third kappa shape index (κ3) is 4.39. The van der Waals surface area contributed by atoms with Crippen molar-refractivity contribution < 1.29 is 27.8 Å². The number of fused-ring (bicyclic) bond motifs is 1. The van der Waals surface area contributed by atoms with Crippen molar-refractivity contribution in [2.24, 2.45) is 7.05 Å². The van der Waals surface area contributed by atoms with Gasteiger partial charge in [0.1, 0.15) is 5.69 Å². The van der Waals surface area contributed by atoms with Gasteiger partial charge < -0.3 is 19.1 Å². The van der Waals surface area contributed by atoms with Gasteiger partial charge in [-0.3, -0.25) is 4.98 Å². The average Bonchev–Trinajstić information content (AvgIpc) is 3.25. The summed E-state index contributed by atoms with van der Waals surface area (Å²) in [7, 11) is 3.12. The lowest BCUT2D eigenvalue weighted by atomic mass is 9.83. The Labute approximate surface area is 204 Å². The lowest BCUT2D eigenvalue weighted by Gasteiger charge is -2.30. The summed E-state index contributed by atoms with van der Waals surface area (Å²) >= 11 is 6.68. The van der Waals surface area contributed by atoms with Crippen LogP contribution in [0.4, 0.5) is 13.2 Å². The Balaban J connectivity index is 1.96. The van der Waals surface area contributed by atoms with E-state index in [1.807, 2.05) is 13.8 Å². The molecule has 11 heteroatoms. The predicted octanol–water partition coefficient (Wildman–Crippen LogP) is 5.12. The fraction of sp³-hybridized carbons (Fsp3) is 0.292. The van der Waals surface area contributed by atoms with Gasteiger partial charge in [-0.1, -0.05) is 23.7 Å². The zero-order chi connectivity index (χ0) is 25.5. The number of hydrogen-bond donors (Lipinski definition) is 1. The van der Waals surface area contributed by atoms with Crippen molar-refractivity contribution in [3.05, 3.63) is 76.6 Å². The largest absolute Gasteiger partial charge is 0.484 e. The predicted molar refractivity (Wildman–Crippen MR) is 124 cm³/mol. The third-order valence-corrected chi connectivity index (χ3v) is 5.85. The number of ether oxygens (including phenoxy) is 2. The van der Waals surface area contributed by atoms with Crippen molar-refractivity contribution in [1.29, 1.82) is 0 Å². The number of aliphatic hydroxyl groups is 1. The highest BCUT2D eigenvalue weighted by atomic mass is 35.5. The van der Waals surface area contributed by atoms with E-state index in [1.54, 1.807) is 29.8 Å². The molecule has 7 nitrogen and oxygen atoms in total. The first-order chi connectivity index (χ1) is 16.5. The van der Waals surface area contributed by atoms with Crippen LogP contribution >= 0.6 is 11.6 Å². The van der Waals surface area contributed by atoms with Crippen molar-refractivity contribution >= 4 is 22.5 Å². The Morgan fingerprint density at radius 3 is 2.34 bits per heavy atom. The molecule has 0 aliphatic carbocycles. The zero-order valence-corrected chi connectivity index (χ0v) is 20.0. The van der Waals surface area contributed by atoms with Crippen LogP contribution in [0.1, 0.15) is 36.4 Å².